The lowest BCUT2D eigenvalue weighted by molar-refractivity contribution is -0.00340. The van der Waals surface area contributed by atoms with Gasteiger partial charge in [0.2, 0.25) is 0 Å². The molecule has 0 N–H and O–H groups in total. The van der Waals surface area contributed by atoms with E-state index in [2.05, 4.69) is 10.9 Å². The SMILES string of the molecule is C#CCOC(=O)N1CCC(OCc2ccc(-c3ccc(S(C)(=O)=O)cc3)cn2)CC1. The quantitative estimate of drug-likeness (QED) is 0.658. The molecule has 0 spiro atoms. The van der Waals surface area contributed by atoms with Crippen LogP contribution in [-0.2, 0) is 25.9 Å². The molecule has 30 heavy (non-hydrogen) atoms. The first-order valence-electron chi connectivity index (χ1n) is 9.59. The van der Waals surface area contributed by atoms with Gasteiger partial charge in [0.15, 0.2) is 16.4 Å². The lowest BCUT2D eigenvalue weighted by atomic mass is 10.1. The minimum atomic E-state index is -3.21. The van der Waals surface area contributed by atoms with Crippen molar-refractivity contribution in [2.75, 3.05) is 26.0 Å². The summed E-state index contributed by atoms with van der Waals surface area (Å²) < 4.78 is 34.0. The molecule has 1 aromatic heterocycles. The summed E-state index contributed by atoms with van der Waals surface area (Å²) in [6.07, 6.45) is 9.17. The molecule has 7 nitrogen and oxygen atoms in total. The maximum atomic E-state index is 11.8. The van der Waals surface area contributed by atoms with Crippen molar-refractivity contribution in [1.82, 2.24) is 9.88 Å². The van der Waals surface area contributed by atoms with Crippen molar-refractivity contribution in [3.8, 4) is 23.5 Å². The number of pyridine rings is 1. The highest BCUT2D eigenvalue weighted by atomic mass is 32.2. The number of piperidine rings is 1. The summed E-state index contributed by atoms with van der Waals surface area (Å²) in [5, 5.41) is 0. The number of hydrogen-bond acceptors (Lipinski definition) is 6. The van der Waals surface area contributed by atoms with Gasteiger partial charge >= 0.3 is 6.09 Å². The Morgan fingerprint density at radius 3 is 2.40 bits per heavy atom. The highest BCUT2D eigenvalue weighted by molar-refractivity contribution is 7.90. The lowest BCUT2D eigenvalue weighted by Gasteiger charge is -2.31. The second-order valence-electron chi connectivity index (χ2n) is 7.09. The van der Waals surface area contributed by atoms with Crippen LogP contribution in [-0.4, -0.2) is 56.5 Å². The van der Waals surface area contributed by atoms with E-state index in [1.165, 1.54) is 6.26 Å². The molecule has 2 aromatic rings. The Morgan fingerprint density at radius 1 is 1.17 bits per heavy atom. The Balaban J connectivity index is 1.49. The molecule has 1 aromatic carbocycles. The normalized spacial score (nSPS) is 14.9. The van der Waals surface area contributed by atoms with Crippen molar-refractivity contribution in [3.05, 3.63) is 48.3 Å². The van der Waals surface area contributed by atoms with Gasteiger partial charge in [-0.3, -0.25) is 4.98 Å². The van der Waals surface area contributed by atoms with Crippen LogP contribution in [0.1, 0.15) is 18.5 Å². The zero-order valence-electron chi connectivity index (χ0n) is 16.8. The van der Waals surface area contributed by atoms with Crippen molar-refractivity contribution >= 4 is 15.9 Å². The number of rotatable bonds is 6. The Kier molecular flexibility index (Phi) is 7.08. The molecule has 3 rings (SSSR count). The Morgan fingerprint density at radius 2 is 1.83 bits per heavy atom. The van der Waals surface area contributed by atoms with Crippen molar-refractivity contribution < 1.29 is 22.7 Å². The van der Waals surface area contributed by atoms with E-state index in [-0.39, 0.29) is 18.8 Å². The molecule has 1 fully saturated rings. The average Bonchev–Trinajstić information content (AvgIpc) is 2.76. The predicted molar refractivity (Wildman–Crippen MR) is 112 cm³/mol. The van der Waals surface area contributed by atoms with Crippen LogP contribution in [0.4, 0.5) is 4.79 Å². The Bertz CT molecular complexity index is 1000. The summed E-state index contributed by atoms with van der Waals surface area (Å²) in [5.41, 5.74) is 2.60. The van der Waals surface area contributed by atoms with E-state index >= 15 is 0 Å². The highest BCUT2D eigenvalue weighted by Gasteiger charge is 2.24. The number of likely N-dealkylation sites (tertiary alicyclic amines) is 1. The van der Waals surface area contributed by atoms with Gasteiger partial charge in [0.05, 0.1) is 23.3 Å². The van der Waals surface area contributed by atoms with Crippen LogP contribution in [0.25, 0.3) is 11.1 Å². The van der Waals surface area contributed by atoms with Crippen molar-refractivity contribution in [3.63, 3.8) is 0 Å². The summed E-state index contributed by atoms with van der Waals surface area (Å²) in [5.74, 6) is 2.28. The molecule has 0 saturated carbocycles. The second-order valence-corrected chi connectivity index (χ2v) is 9.11. The monoisotopic (exact) mass is 428 g/mol. The van der Waals surface area contributed by atoms with Gasteiger partial charge in [-0.05, 0) is 36.6 Å². The number of terminal acetylenes is 1. The van der Waals surface area contributed by atoms with Crippen molar-refractivity contribution in [2.45, 2.75) is 30.4 Å². The number of carbonyl (C=O) groups excluding carboxylic acids is 1. The fourth-order valence-electron chi connectivity index (χ4n) is 3.18. The van der Waals surface area contributed by atoms with E-state index in [0.29, 0.717) is 24.6 Å². The summed E-state index contributed by atoms with van der Waals surface area (Å²) in [6, 6.07) is 10.6. The third-order valence-corrected chi connectivity index (χ3v) is 6.02. The van der Waals surface area contributed by atoms with Crippen LogP contribution >= 0.6 is 0 Å². The first-order valence-corrected chi connectivity index (χ1v) is 11.5. The van der Waals surface area contributed by atoms with E-state index in [1.807, 2.05) is 12.1 Å². The topological polar surface area (TPSA) is 85.8 Å². The maximum absolute atomic E-state index is 11.8. The molecule has 0 unspecified atom stereocenters. The van der Waals surface area contributed by atoms with Crippen LogP contribution in [0.15, 0.2) is 47.5 Å². The smallest absolute Gasteiger partial charge is 0.410 e. The summed E-state index contributed by atoms with van der Waals surface area (Å²) in [7, 11) is -3.21. The first kappa shape index (κ1) is 21.8. The molecule has 0 aliphatic carbocycles. The zero-order valence-corrected chi connectivity index (χ0v) is 17.6. The van der Waals surface area contributed by atoms with Gasteiger partial charge in [0.25, 0.3) is 0 Å². The minimum Gasteiger partial charge on any atom is -0.436 e. The highest BCUT2D eigenvalue weighted by Crippen LogP contribution is 2.22. The maximum Gasteiger partial charge on any atom is 0.410 e. The number of carbonyl (C=O) groups is 1. The van der Waals surface area contributed by atoms with Crippen LogP contribution in [0.2, 0.25) is 0 Å². The number of hydrogen-bond donors (Lipinski definition) is 0. The fourth-order valence-corrected chi connectivity index (χ4v) is 3.81. The van der Waals surface area contributed by atoms with Gasteiger partial charge in [0.1, 0.15) is 0 Å². The largest absolute Gasteiger partial charge is 0.436 e. The molecule has 0 atom stereocenters. The molecule has 0 bridgehead atoms. The van der Waals surface area contributed by atoms with Gasteiger partial charge in [-0.1, -0.05) is 24.1 Å². The van der Waals surface area contributed by atoms with Gasteiger partial charge in [0, 0.05) is 31.1 Å². The molecule has 8 heteroatoms. The van der Waals surface area contributed by atoms with Crippen LogP contribution in [0.5, 0.6) is 0 Å². The number of nitrogens with zero attached hydrogens (tertiary/aromatic N) is 2. The van der Waals surface area contributed by atoms with E-state index in [0.717, 1.165) is 29.7 Å². The Hall–Kier alpha value is -2.89. The molecular formula is C22H24N2O5S. The van der Waals surface area contributed by atoms with E-state index in [4.69, 9.17) is 15.9 Å². The minimum absolute atomic E-state index is 0.0151. The molecule has 1 aliphatic heterocycles. The second kappa shape index (κ2) is 9.74. The number of aromatic nitrogens is 1. The van der Waals surface area contributed by atoms with Gasteiger partial charge in [-0.25, -0.2) is 13.2 Å². The number of benzene rings is 1. The Labute approximate surface area is 176 Å². The molecule has 2 heterocycles. The van der Waals surface area contributed by atoms with Gasteiger partial charge < -0.3 is 14.4 Å². The van der Waals surface area contributed by atoms with Crippen molar-refractivity contribution in [2.24, 2.45) is 0 Å². The first-order chi connectivity index (χ1) is 14.4. The molecule has 1 saturated heterocycles. The molecule has 158 valence electrons. The van der Waals surface area contributed by atoms with E-state index < -0.39 is 9.84 Å². The summed E-state index contributed by atoms with van der Waals surface area (Å²) >= 11 is 0. The van der Waals surface area contributed by atoms with Gasteiger partial charge in [-0.15, -0.1) is 6.42 Å². The zero-order chi connectivity index (χ0) is 21.6. The summed E-state index contributed by atoms with van der Waals surface area (Å²) in [6.45, 7) is 1.52. The molecular weight excluding hydrogens is 404 g/mol. The van der Waals surface area contributed by atoms with Crippen LogP contribution < -0.4 is 0 Å². The van der Waals surface area contributed by atoms with Crippen LogP contribution in [0, 0.1) is 12.3 Å². The van der Waals surface area contributed by atoms with Crippen molar-refractivity contribution in [1.29, 1.82) is 0 Å². The van der Waals surface area contributed by atoms with Gasteiger partial charge in [-0.2, -0.15) is 0 Å². The lowest BCUT2D eigenvalue weighted by Crippen LogP contribution is -2.41. The standard InChI is InChI=1S/C22H24N2O5S/c1-3-14-28-22(25)24-12-10-20(11-13-24)29-16-19-7-4-18(15-23-19)17-5-8-21(9-6-17)30(2,26)27/h1,4-9,15,20H,10-14,16H2,2H3. The number of amides is 1. The molecule has 0 radical (unpaired) electrons. The molecule has 1 aliphatic rings. The average molecular weight is 429 g/mol. The van der Waals surface area contributed by atoms with Crippen LogP contribution in [0.3, 0.4) is 0 Å². The third-order valence-electron chi connectivity index (χ3n) is 4.89. The third kappa shape index (κ3) is 5.81. The number of sulfone groups is 1. The summed E-state index contributed by atoms with van der Waals surface area (Å²) in [4.78, 5) is 18.2. The molecule has 1 amide bonds. The number of ether oxygens (including phenoxy) is 2. The van der Waals surface area contributed by atoms with E-state index in [9.17, 15) is 13.2 Å². The van der Waals surface area contributed by atoms with E-state index in [1.54, 1.807) is 35.4 Å². The predicted octanol–water partition coefficient (Wildman–Crippen LogP) is 2.90. The fraction of sp³-hybridized carbons (Fsp3) is 0.364.